The molecule has 102 valence electrons. The summed E-state index contributed by atoms with van der Waals surface area (Å²) >= 11 is 0. The number of anilines is 1. The topological polar surface area (TPSA) is 29.9 Å². The van der Waals surface area contributed by atoms with Crippen molar-refractivity contribution < 1.29 is 0 Å². The average Bonchev–Trinajstić information content (AvgIpc) is 2.64. The first-order valence-electron chi connectivity index (χ1n) is 6.88. The van der Waals surface area contributed by atoms with Crippen molar-refractivity contribution >= 4 is 5.69 Å². The Balaban J connectivity index is 1.92. The molecule has 3 heteroatoms. The minimum absolute atomic E-state index is 0.446. The summed E-state index contributed by atoms with van der Waals surface area (Å²) < 4.78 is 1.93. The lowest BCUT2D eigenvalue weighted by Gasteiger charge is -2.15. The van der Waals surface area contributed by atoms with Crippen molar-refractivity contribution in [3.05, 3.63) is 47.3 Å². The molecule has 1 aromatic carbocycles. The zero-order valence-electron chi connectivity index (χ0n) is 12.3. The summed E-state index contributed by atoms with van der Waals surface area (Å²) in [6.07, 6.45) is 2.23. The molecule has 0 spiro atoms. The SMILES string of the molecule is Cc1nn(C)c(C)c1NC(C)CCc1ccccc1. The van der Waals surface area contributed by atoms with Gasteiger partial charge in [-0.1, -0.05) is 30.3 Å². The highest BCUT2D eigenvalue weighted by Gasteiger charge is 2.11. The van der Waals surface area contributed by atoms with Gasteiger partial charge >= 0.3 is 0 Å². The van der Waals surface area contributed by atoms with E-state index in [9.17, 15) is 0 Å². The molecule has 1 N–H and O–H groups in total. The highest BCUT2D eigenvalue weighted by atomic mass is 15.3. The van der Waals surface area contributed by atoms with Gasteiger partial charge in [0.05, 0.1) is 17.1 Å². The molecule has 1 aromatic heterocycles. The molecular weight excluding hydrogens is 234 g/mol. The summed E-state index contributed by atoms with van der Waals surface area (Å²) in [4.78, 5) is 0. The molecule has 1 heterocycles. The van der Waals surface area contributed by atoms with Gasteiger partial charge in [-0.25, -0.2) is 0 Å². The van der Waals surface area contributed by atoms with E-state index in [1.807, 2.05) is 11.7 Å². The minimum Gasteiger partial charge on any atom is -0.380 e. The van der Waals surface area contributed by atoms with Crippen LogP contribution in [0.1, 0.15) is 30.3 Å². The normalized spacial score (nSPS) is 12.4. The molecule has 0 bridgehead atoms. The Morgan fingerprint density at radius 2 is 1.89 bits per heavy atom. The van der Waals surface area contributed by atoms with Crippen LogP contribution < -0.4 is 5.32 Å². The Labute approximate surface area is 115 Å². The van der Waals surface area contributed by atoms with Gasteiger partial charge in [0.25, 0.3) is 0 Å². The van der Waals surface area contributed by atoms with Crippen molar-refractivity contribution in [1.82, 2.24) is 9.78 Å². The van der Waals surface area contributed by atoms with Gasteiger partial charge in [-0.2, -0.15) is 5.10 Å². The zero-order chi connectivity index (χ0) is 13.8. The molecule has 0 amide bonds. The number of rotatable bonds is 5. The maximum absolute atomic E-state index is 4.44. The van der Waals surface area contributed by atoms with E-state index in [1.165, 1.54) is 16.9 Å². The molecule has 19 heavy (non-hydrogen) atoms. The smallest absolute Gasteiger partial charge is 0.0827 e. The molecule has 0 aliphatic heterocycles. The Morgan fingerprint density at radius 3 is 2.47 bits per heavy atom. The lowest BCUT2D eigenvalue weighted by atomic mass is 10.1. The lowest BCUT2D eigenvalue weighted by Crippen LogP contribution is -2.17. The summed E-state index contributed by atoms with van der Waals surface area (Å²) in [5.41, 5.74) is 4.86. The molecule has 3 nitrogen and oxygen atoms in total. The second-order valence-corrected chi connectivity index (χ2v) is 5.24. The van der Waals surface area contributed by atoms with Crippen LogP contribution in [0.2, 0.25) is 0 Å². The number of hydrogen-bond donors (Lipinski definition) is 1. The standard InChI is InChI=1S/C16H23N3/c1-12(10-11-15-8-6-5-7-9-15)17-16-13(2)18-19(4)14(16)3/h5-9,12,17H,10-11H2,1-4H3. The number of aryl methyl sites for hydroxylation is 3. The molecule has 1 atom stereocenters. The van der Waals surface area contributed by atoms with E-state index in [2.05, 4.69) is 61.5 Å². The number of nitrogens with one attached hydrogen (secondary N) is 1. The van der Waals surface area contributed by atoms with Gasteiger partial charge in [0.1, 0.15) is 0 Å². The van der Waals surface area contributed by atoms with Gasteiger partial charge in [-0.15, -0.1) is 0 Å². The van der Waals surface area contributed by atoms with Crippen LogP contribution in [0.3, 0.4) is 0 Å². The number of aromatic nitrogens is 2. The third-order valence-corrected chi connectivity index (χ3v) is 3.61. The largest absolute Gasteiger partial charge is 0.380 e. The molecule has 1 unspecified atom stereocenters. The van der Waals surface area contributed by atoms with Crippen molar-refractivity contribution in [2.45, 2.75) is 39.7 Å². The third kappa shape index (κ3) is 3.37. The van der Waals surface area contributed by atoms with Crippen molar-refractivity contribution in [1.29, 1.82) is 0 Å². The molecule has 2 rings (SSSR count). The Bertz CT molecular complexity index is 528. The summed E-state index contributed by atoms with van der Waals surface area (Å²) in [5.74, 6) is 0. The van der Waals surface area contributed by atoms with Crippen molar-refractivity contribution in [2.75, 3.05) is 5.32 Å². The summed E-state index contributed by atoms with van der Waals surface area (Å²) in [5, 5.41) is 8.02. The fourth-order valence-corrected chi connectivity index (χ4v) is 2.33. The number of hydrogen-bond acceptors (Lipinski definition) is 2. The molecule has 2 aromatic rings. The van der Waals surface area contributed by atoms with Crippen molar-refractivity contribution in [2.24, 2.45) is 7.05 Å². The molecule has 0 aliphatic rings. The van der Waals surface area contributed by atoms with E-state index >= 15 is 0 Å². The molecule has 0 radical (unpaired) electrons. The molecule has 0 saturated heterocycles. The molecule has 0 aliphatic carbocycles. The predicted octanol–water partition coefficient (Wildman–Crippen LogP) is 3.47. The van der Waals surface area contributed by atoms with Crippen LogP contribution >= 0.6 is 0 Å². The highest BCUT2D eigenvalue weighted by molar-refractivity contribution is 5.52. The number of nitrogens with zero attached hydrogens (tertiary/aromatic N) is 2. The summed E-state index contributed by atoms with van der Waals surface area (Å²) in [6, 6.07) is 11.1. The minimum atomic E-state index is 0.446. The van der Waals surface area contributed by atoms with Crippen molar-refractivity contribution in [3.63, 3.8) is 0 Å². The van der Waals surface area contributed by atoms with Crippen LogP contribution in [0, 0.1) is 13.8 Å². The molecule has 0 fully saturated rings. The summed E-state index contributed by atoms with van der Waals surface area (Å²) in [6.45, 7) is 6.39. The maximum Gasteiger partial charge on any atom is 0.0827 e. The van der Waals surface area contributed by atoms with E-state index < -0.39 is 0 Å². The van der Waals surface area contributed by atoms with Crippen molar-refractivity contribution in [3.8, 4) is 0 Å². The van der Waals surface area contributed by atoms with Crippen LogP contribution in [-0.4, -0.2) is 15.8 Å². The van der Waals surface area contributed by atoms with Gasteiger partial charge in [0.2, 0.25) is 0 Å². The Morgan fingerprint density at radius 1 is 1.21 bits per heavy atom. The fourth-order valence-electron chi connectivity index (χ4n) is 2.33. The molecular formula is C16H23N3. The van der Waals surface area contributed by atoms with Gasteiger partial charge in [0.15, 0.2) is 0 Å². The second-order valence-electron chi connectivity index (χ2n) is 5.24. The zero-order valence-corrected chi connectivity index (χ0v) is 12.3. The summed E-state index contributed by atoms with van der Waals surface area (Å²) in [7, 11) is 1.99. The van der Waals surface area contributed by atoms with E-state index in [1.54, 1.807) is 0 Å². The van der Waals surface area contributed by atoms with E-state index in [0.717, 1.165) is 18.5 Å². The fraction of sp³-hybridized carbons (Fsp3) is 0.438. The maximum atomic E-state index is 4.44. The van der Waals surface area contributed by atoms with E-state index in [0.29, 0.717) is 6.04 Å². The van der Waals surface area contributed by atoms with Gasteiger partial charge in [0, 0.05) is 13.1 Å². The Hall–Kier alpha value is -1.77. The monoisotopic (exact) mass is 257 g/mol. The predicted molar refractivity (Wildman–Crippen MR) is 80.5 cm³/mol. The Kier molecular flexibility index (Phi) is 4.25. The first kappa shape index (κ1) is 13.7. The van der Waals surface area contributed by atoms with Gasteiger partial charge in [-0.3, -0.25) is 4.68 Å². The van der Waals surface area contributed by atoms with Gasteiger partial charge in [-0.05, 0) is 39.2 Å². The van der Waals surface area contributed by atoms with Crippen LogP contribution in [0.5, 0.6) is 0 Å². The first-order valence-corrected chi connectivity index (χ1v) is 6.88. The second kappa shape index (κ2) is 5.91. The average molecular weight is 257 g/mol. The lowest BCUT2D eigenvalue weighted by molar-refractivity contribution is 0.703. The molecule has 0 saturated carbocycles. The van der Waals surface area contributed by atoms with Crippen LogP contribution in [0.4, 0.5) is 5.69 Å². The van der Waals surface area contributed by atoms with Crippen LogP contribution in [-0.2, 0) is 13.5 Å². The quantitative estimate of drug-likeness (QED) is 0.889. The van der Waals surface area contributed by atoms with Gasteiger partial charge < -0.3 is 5.32 Å². The first-order chi connectivity index (χ1) is 9.08. The van der Waals surface area contributed by atoms with Crippen LogP contribution in [0.25, 0.3) is 0 Å². The van der Waals surface area contributed by atoms with E-state index in [-0.39, 0.29) is 0 Å². The van der Waals surface area contributed by atoms with E-state index in [4.69, 9.17) is 0 Å². The highest BCUT2D eigenvalue weighted by Crippen LogP contribution is 2.20. The number of benzene rings is 1. The van der Waals surface area contributed by atoms with Crippen LogP contribution in [0.15, 0.2) is 30.3 Å². The third-order valence-electron chi connectivity index (χ3n) is 3.61.